The maximum Gasteiger partial charge on any atom is 0.227 e. The second-order valence-electron chi connectivity index (χ2n) is 6.64. The van der Waals surface area contributed by atoms with Gasteiger partial charge in [-0.1, -0.05) is 36.4 Å². The first-order valence-corrected chi connectivity index (χ1v) is 9.04. The molecule has 1 heterocycles. The Labute approximate surface area is 153 Å². The fraction of sp³-hybridized carbons (Fsp3) is 0.333. The van der Waals surface area contributed by atoms with Gasteiger partial charge in [-0.05, 0) is 43.0 Å². The smallest absolute Gasteiger partial charge is 0.227 e. The molecule has 0 aromatic heterocycles. The number of para-hydroxylation sites is 2. The molecule has 3 rings (SSSR count). The van der Waals surface area contributed by atoms with Crippen LogP contribution in [0.15, 0.2) is 54.6 Å². The molecule has 0 saturated carbocycles. The number of aromatic hydroxyl groups is 1. The lowest BCUT2D eigenvalue weighted by Gasteiger charge is -2.31. The van der Waals surface area contributed by atoms with Crippen molar-refractivity contribution >= 4 is 17.5 Å². The van der Waals surface area contributed by atoms with Crippen molar-refractivity contribution < 1.29 is 14.7 Å². The van der Waals surface area contributed by atoms with Crippen molar-refractivity contribution in [1.29, 1.82) is 0 Å². The predicted octanol–water partition coefficient (Wildman–Crippen LogP) is 3.20. The van der Waals surface area contributed by atoms with Crippen LogP contribution in [0.4, 0.5) is 5.69 Å². The van der Waals surface area contributed by atoms with Crippen molar-refractivity contribution in [2.24, 2.45) is 5.92 Å². The van der Waals surface area contributed by atoms with Crippen LogP contribution in [-0.4, -0.2) is 34.9 Å². The van der Waals surface area contributed by atoms with Crippen molar-refractivity contribution in [3.05, 3.63) is 60.2 Å². The molecule has 0 aliphatic carbocycles. The molecule has 1 aliphatic rings. The third-order valence-electron chi connectivity index (χ3n) is 4.86. The van der Waals surface area contributed by atoms with E-state index >= 15 is 0 Å². The standard InChI is InChI=1S/C21H24N2O3/c24-19-9-5-4-6-16(19)10-11-20(25)23-14-12-17(13-15-23)21(26)22-18-7-2-1-3-8-18/h1-9,17,24H,10-15H2,(H,22,26). The Morgan fingerprint density at radius 1 is 1.00 bits per heavy atom. The van der Waals surface area contributed by atoms with E-state index in [4.69, 9.17) is 0 Å². The number of hydrogen-bond acceptors (Lipinski definition) is 3. The molecule has 1 aliphatic heterocycles. The number of nitrogens with one attached hydrogen (secondary N) is 1. The third-order valence-corrected chi connectivity index (χ3v) is 4.86. The zero-order chi connectivity index (χ0) is 18.4. The Bertz CT molecular complexity index is 753. The van der Waals surface area contributed by atoms with Gasteiger partial charge in [0, 0.05) is 31.1 Å². The normalized spacial score (nSPS) is 14.8. The number of phenolic OH excluding ortho intramolecular Hbond substituents is 1. The molecule has 5 heteroatoms. The molecule has 5 nitrogen and oxygen atoms in total. The van der Waals surface area contributed by atoms with Crippen molar-refractivity contribution in [2.75, 3.05) is 18.4 Å². The highest BCUT2D eigenvalue weighted by Crippen LogP contribution is 2.22. The average Bonchev–Trinajstić information content (AvgIpc) is 2.68. The molecule has 2 amide bonds. The van der Waals surface area contributed by atoms with Crippen LogP contribution in [0.25, 0.3) is 0 Å². The number of amides is 2. The summed E-state index contributed by atoms with van der Waals surface area (Å²) < 4.78 is 0. The average molecular weight is 352 g/mol. The van der Waals surface area contributed by atoms with Gasteiger partial charge in [0.1, 0.15) is 5.75 Å². The van der Waals surface area contributed by atoms with Gasteiger partial charge in [0.05, 0.1) is 0 Å². The Morgan fingerprint density at radius 2 is 1.65 bits per heavy atom. The highest BCUT2D eigenvalue weighted by molar-refractivity contribution is 5.92. The first kappa shape index (κ1) is 18.0. The highest BCUT2D eigenvalue weighted by Gasteiger charge is 2.27. The lowest BCUT2D eigenvalue weighted by molar-refractivity contribution is -0.134. The quantitative estimate of drug-likeness (QED) is 0.868. The van der Waals surface area contributed by atoms with Crippen LogP contribution in [0.3, 0.4) is 0 Å². The number of carbonyl (C=O) groups is 2. The second-order valence-corrected chi connectivity index (χ2v) is 6.64. The molecule has 2 aromatic rings. The highest BCUT2D eigenvalue weighted by atomic mass is 16.3. The first-order valence-electron chi connectivity index (χ1n) is 9.04. The van der Waals surface area contributed by atoms with Gasteiger partial charge in [0.25, 0.3) is 0 Å². The van der Waals surface area contributed by atoms with Gasteiger partial charge < -0.3 is 15.3 Å². The number of anilines is 1. The van der Waals surface area contributed by atoms with Crippen LogP contribution in [0.1, 0.15) is 24.8 Å². The van der Waals surface area contributed by atoms with Gasteiger partial charge >= 0.3 is 0 Å². The Morgan fingerprint density at radius 3 is 2.35 bits per heavy atom. The van der Waals surface area contributed by atoms with Gasteiger partial charge in [0.15, 0.2) is 0 Å². The molecule has 0 unspecified atom stereocenters. The van der Waals surface area contributed by atoms with E-state index < -0.39 is 0 Å². The van der Waals surface area contributed by atoms with Gasteiger partial charge in [0.2, 0.25) is 11.8 Å². The van der Waals surface area contributed by atoms with Crippen LogP contribution in [0.2, 0.25) is 0 Å². The lowest BCUT2D eigenvalue weighted by Crippen LogP contribution is -2.41. The van der Waals surface area contributed by atoms with E-state index in [1.165, 1.54) is 0 Å². The summed E-state index contributed by atoms with van der Waals surface area (Å²) in [7, 11) is 0. The minimum absolute atomic E-state index is 0.0255. The zero-order valence-electron chi connectivity index (χ0n) is 14.7. The SMILES string of the molecule is O=C(Nc1ccccc1)C1CCN(C(=O)CCc2ccccc2O)CC1. The number of carbonyl (C=O) groups excluding carboxylic acids is 2. The fourth-order valence-corrected chi connectivity index (χ4v) is 3.28. The van der Waals surface area contributed by atoms with Crippen molar-refractivity contribution in [2.45, 2.75) is 25.7 Å². The minimum atomic E-state index is -0.0579. The van der Waals surface area contributed by atoms with Gasteiger partial charge in [-0.15, -0.1) is 0 Å². The van der Waals surface area contributed by atoms with Gasteiger partial charge in [-0.3, -0.25) is 9.59 Å². The Balaban J connectivity index is 1.45. The topological polar surface area (TPSA) is 69.6 Å². The van der Waals surface area contributed by atoms with E-state index in [9.17, 15) is 14.7 Å². The monoisotopic (exact) mass is 352 g/mol. The summed E-state index contributed by atoms with van der Waals surface area (Å²) in [6.45, 7) is 1.21. The number of rotatable bonds is 5. The number of likely N-dealkylation sites (tertiary alicyclic amines) is 1. The van der Waals surface area contributed by atoms with E-state index in [1.807, 2.05) is 47.4 Å². The molecule has 0 atom stereocenters. The summed E-state index contributed by atoms with van der Waals surface area (Å²) in [5.41, 5.74) is 1.59. The number of benzene rings is 2. The summed E-state index contributed by atoms with van der Waals surface area (Å²) >= 11 is 0. The molecule has 2 N–H and O–H groups in total. The molecule has 26 heavy (non-hydrogen) atoms. The van der Waals surface area contributed by atoms with Crippen LogP contribution < -0.4 is 5.32 Å². The number of aryl methyl sites for hydroxylation is 1. The van der Waals surface area contributed by atoms with Crippen molar-refractivity contribution in [3.8, 4) is 5.75 Å². The minimum Gasteiger partial charge on any atom is -0.508 e. The number of phenols is 1. The maximum atomic E-state index is 12.4. The van der Waals surface area contributed by atoms with Crippen LogP contribution in [0.5, 0.6) is 5.75 Å². The first-order chi connectivity index (χ1) is 12.6. The molecule has 0 radical (unpaired) electrons. The molecule has 0 spiro atoms. The summed E-state index contributed by atoms with van der Waals surface area (Å²) in [4.78, 5) is 26.6. The number of nitrogens with zero attached hydrogens (tertiary/aromatic N) is 1. The third kappa shape index (κ3) is 4.63. The molecular formula is C21H24N2O3. The molecular weight excluding hydrogens is 328 g/mol. The van der Waals surface area contributed by atoms with Crippen molar-refractivity contribution in [1.82, 2.24) is 4.90 Å². The van der Waals surface area contributed by atoms with Crippen LogP contribution in [0, 0.1) is 5.92 Å². The molecule has 136 valence electrons. The maximum absolute atomic E-state index is 12.4. The number of piperidine rings is 1. The number of hydrogen-bond donors (Lipinski definition) is 2. The summed E-state index contributed by atoms with van der Waals surface area (Å²) in [6.07, 6.45) is 2.26. The largest absolute Gasteiger partial charge is 0.508 e. The zero-order valence-corrected chi connectivity index (χ0v) is 14.7. The molecule has 1 saturated heterocycles. The molecule has 2 aromatic carbocycles. The Hall–Kier alpha value is -2.82. The van der Waals surface area contributed by atoms with Gasteiger partial charge in [-0.2, -0.15) is 0 Å². The van der Waals surface area contributed by atoms with E-state index in [1.54, 1.807) is 12.1 Å². The van der Waals surface area contributed by atoms with E-state index in [0.717, 1.165) is 11.3 Å². The predicted molar refractivity (Wildman–Crippen MR) is 101 cm³/mol. The summed E-state index contributed by atoms with van der Waals surface area (Å²) in [5.74, 6) is 0.279. The van der Waals surface area contributed by atoms with E-state index in [0.29, 0.717) is 38.8 Å². The molecule has 0 bridgehead atoms. The fourth-order valence-electron chi connectivity index (χ4n) is 3.28. The van der Waals surface area contributed by atoms with E-state index in [2.05, 4.69) is 5.32 Å². The lowest BCUT2D eigenvalue weighted by atomic mass is 9.95. The van der Waals surface area contributed by atoms with Crippen molar-refractivity contribution in [3.63, 3.8) is 0 Å². The summed E-state index contributed by atoms with van der Waals surface area (Å²) in [5, 5.41) is 12.7. The summed E-state index contributed by atoms with van der Waals surface area (Å²) in [6, 6.07) is 16.5. The van der Waals surface area contributed by atoms with Crippen LogP contribution in [-0.2, 0) is 16.0 Å². The van der Waals surface area contributed by atoms with Crippen LogP contribution >= 0.6 is 0 Å². The van der Waals surface area contributed by atoms with E-state index in [-0.39, 0.29) is 23.5 Å². The Kier molecular flexibility index (Phi) is 5.89. The van der Waals surface area contributed by atoms with Gasteiger partial charge in [-0.25, -0.2) is 0 Å². The second kappa shape index (κ2) is 8.52. The molecule has 1 fully saturated rings.